The first-order valence-corrected chi connectivity index (χ1v) is 5.67. The summed E-state index contributed by atoms with van der Waals surface area (Å²) in [5.74, 6) is 1.21. The van der Waals surface area contributed by atoms with E-state index in [1.807, 2.05) is 23.5 Å². The molecule has 0 aromatic rings. The van der Waals surface area contributed by atoms with E-state index in [0.29, 0.717) is 11.9 Å². The van der Waals surface area contributed by atoms with E-state index >= 15 is 0 Å². The van der Waals surface area contributed by atoms with Gasteiger partial charge in [0.05, 0.1) is 0 Å². The fourth-order valence-electron chi connectivity index (χ4n) is 0.887. The minimum absolute atomic E-state index is 0.119. The van der Waals surface area contributed by atoms with Crippen molar-refractivity contribution in [2.45, 2.75) is 19.1 Å². The second-order valence-electron chi connectivity index (χ2n) is 3.29. The van der Waals surface area contributed by atoms with Crippen LogP contribution in [0, 0.1) is 5.41 Å². The zero-order chi connectivity index (χ0) is 7.61. The number of rotatable bonds is 2. The zero-order valence-electron chi connectivity index (χ0n) is 6.46. The van der Waals surface area contributed by atoms with E-state index < -0.39 is 0 Å². The van der Waals surface area contributed by atoms with Crippen molar-refractivity contribution >= 4 is 23.5 Å². The summed E-state index contributed by atoms with van der Waals surface area (Å²) < 4.78 is 0. The highest BCUT2D eigenvalue weighted by Crippen LogP contribution is 2.40. The van der Waals surface area contributed by atoms with E-state index in [4.69, 9.17) is 5.11 Å². The molecule has 1 rings (SSSR count). The summed E-state index contributed by atoms with van der Waals surface area (Å²) in [5.41, 5.74) is 0.119. The average molecular weight is 178 g/mol. The molecule has 0 bridgehead atoms. The van der Waals surface area contributed by atoms with Crippen LogP contribution >= 0.6 is 23.5 Å². The average Bonchev–Trinajstić information content (AvgIpc) is 2.38. The fraction of sp³-hybridized carbons (Fsp3) is 1.00. The lowest BCUT2D eigenvalue weighted by atomic mass is 9.91. The molecule has 60 valence electrons. The summed E-state index contributed by atoms with van der Waals surface area (Å²) in [5, 5.41) is 10.9. The molecule has 0 radical (unpaired) electrons. The van der Waals surface area contributed by atoms with Gasteiger partial charge < -0.3 is 5.11 Å². The van der Waals surface area contributed by atoms with Crippen LogP contribution in [0.15, 0.2) is 0 Å². The third-order valence-electron chi connectivity index (χ3n) is 1.90. The van der Waals surface area contributed by atoms with Crippen LogP contribution in [0.3, 0.4) is 0 Å². The van der Waals surface area contributed by atoms with Gasteiger partial charge >= 0.3 is 0 Å². The van der Waals surface area contributed by atoms with Crippen LogP contribution in [0.5, 0.6) is 0 Å². The molecule has 0 saturated carbocycles. The minimum Gasteiger partial charge on any atom is -0.396 e. The first-order valence-electron chi connectivity index (χ1n) is 3.47. The molecule has 0 aromatic heterocycles. The first-order chi connectivity index (χ1) is 4.67. The van der Waals surface area contributed by atoms with Crippen molar-refractivity contribution in [3.63, 3.8) is 0 Å². The Balaban J connectivity index is 2.45. The van der Waals surface area contributed by atoms with E-state index in [0.717, 1.165) is 0 Å². The van der Waals surface area contributed by atoms with Gasteiger partial charge in [0.1, 0.15) is 0 Å². The second kappa shape index (κ2) is 3.37. The van der Waals surface area contributed by atoms with Crippen molar-refractivity contribution < 1.29 is 5.11 Å². The van der Waals surface area contributed by atoms with Gasteiger partial charge in [0.25, 0.3) is 0 Å². The van der Waals surface area contributed by atoms with Crippen molar-refractivity contribution in [2.24, 2.45) is 5.41 Å². The van der Waals surface area contributed by atoms with E-state index in [1.165, 1.54) is 10.8 Å². The molecule has 10 heavy (non-hydrogen) atoms. The molecule has 1 aliphatic rings. The highest BCUT2D eigenvalue weighted by molar-refractivity contribution is 8.19. The summed E-state index contributed by atoms with van der Waals surface area (Å²) in [6, 6.07) is 0. The third kappa shape index (κ3) is 1.83. The highest BCUT2D eigenvalue weighted by Gasteiger charge is 2.31. The summed E-state index contributed by atoms with van der Waals surface area (Å²) in [4.78, 5) is 0. The molecule has 1 nitrogen and oxygen atoms in total. The normalized spacial score (nSPS) is 27.3. The molecule has 3 heteroatoms. The van der Waals surface area contributed by atoms with E-state index in [1.54, 1.807) is 0 Å². The maximum Gasteiger partial charge on any atom is 0.0493 e. The number of aliphatic hydroxyl groups excluding tert-OH is 1. The Bertz CT molecular complexity index is 108. The molecule has 0 spiro atoms. The van der Waals surface area contributed by atoms with E-state index in [2.05, 4.69) is 13.8 Å². The number of thioether (sulfide) groups is 2. The second-order valence-corrected chi connectivity index (χ2v) is 5.88. The molecule has 1 unspecified atom stereocenters. The molecular weight excluding hydrogens is 164 g/mol. The molecule has 0 amide bonds. The molecule has 1 heterocycles. The SMILES string of the molecule is CC(C)(CO)C1CSCS1. The standard InChI is InChI=1S/C7H14OS2/c1-7(2,4-8)6-3-9-5-10-6/h6,8H,3-5H2,1-2H3. The molecular formula is C7H14OS2. The molecule has 1 saturated heterocycles. The Labute approximate surface area is 71.0 Å². The monoisotopic (exact) mass is 178 g/mol. The van der Waals surface area contributed by atoms with Crippen LogP contribution in [0.2, 0.25) is 0 Å². The topological polar surface area (TPSA) is 20.2 Å². The van der Waals surface area contributed by atoms with Crippen LogP contribution in [0.25, 0.3) is 0 Å². The smallest absolute Gasteiger partial charge is 0.0493 e. The highest BCUT2D eigenvalue weighted by atomic mass is 32.2. The van der Waals surface area contributed by atoms with Gasteiger partial charge in [0.15, 0.2) is 0 Å². The van der Waals surface area contributed by atoms with Crippen LogP contribution in [0.1, 0.15) is 13.8 Å². The fourth-order valence-corrected chi connectivity index (χ4v) is 4.18. The van der Waals surface area contributed by atoms with Gasteiger partial charge in [-0.2, -0.15) is 0 Å². The number of aliphatic hydroxyl groups is 1. The van der Waals surface area contributed by atoms with Crippen LogP contribution < -0.4 is 0 Å². The maximum atomic E-state index is 9.03. The van der Waals surface area contributed by atoms with Crippen molar-refractivity contribution in [1.82, 2.24) is 0 Å². The summed E-state index contributed by atoms with van der Waals surface area (Å²) >= 11 is 3.95. The predicted molar refractivity (Wildman–Crippen MR) is 49.6 cm³/mol. The van der Waals surface area contributed by atoms with Crippen molar-refractivity contribution in [2.75, 3.05) is 17.4 Å². The molecule has 0 aromatic carbocycles. The molecule has 0 aliphatic carbocycles. The van der Waals surface area contributed by atoms with Crippen molar-refractivity contribution in [3.05, 3.63) is 0 Å². The Hall–Kier alpha value is 0.660. The van der Waals surface area contributed by atoms with Gasteiger partial charge in [0, 0.05) is 28.1 Å². The van der Waals surface area contributed by atoms with Crippen LogP contribution in [-0.2, 0) is 0 Å². The lowest BCUT2D eigenvalue weighted by Gasteiger charge is -2.27. The summed E-state index contributed by atoms with van der Waals surface area (Å²) in [6.45, 7) is 4.58. The summed E-state index contributed by atoms with van der Waals surface area (Å²) in [6.07, 6.45) is 0. The Morgan fingerprint density at radius 1 is 1.60 bits per heavy atom. The first kappa shape index (κ1) is 8.75. The van der Waals surface area contributed by atoms with Crippen LogP contribution in [0.4, 0.5) is 0 Å². The Morgan fingerprint density at radius 3 is 2.70 bits per heavy atom. The molecule has 1 N–H and O–H groups in total. The van der Waals surface area contributed by atoms with E-state index in [9.17, 15) is 0 Å². The van der Waals surface area contributed by atoms with Gasteiger partial charge in [-0.25, -0.2) is 0 Å². The van der Waals surface area contributed by atoms with Gasteiger partial charge in [-0.1, -0.05) is 13.8 Å². The van der Waals surface area contributed by atoms with Crippen molar-refractivity contribution in [1.29, 1.82) is 0 Å². The minimum atomic E-state index is 0.119. The Kier molecular flexibility index (Phi) is 2.95. The molecule has 1 aliphatic heterocycles. The predicted octanol–water partition coefficient (Wildman–Crippen LogP) is 1.81. The zero-order valence-corrected chi connectivity index (χ0v) is 8.10. The van der Waals surface area contributed by atoms with Crippen molar-refractivity contribution in [3.8, 4) is 0 Å². The third-order valence-corrected chi connectivity index (χ3v) is 5.10. The van der Waals surface area contributed by atoms with Gasteiger partial charge in [0.2, 0.25) is 0 Å². The quantitative estimate of drug-likeness (QED) is 0.696. The number of hydrogen-bond donors (Lipinski definition) is 1. The van der Waals surface area contributed by atoms with E-state index in [-0.39, 0.29) is 5.41 Å². The van der Waals surface area contributed by atoms with Gasteiger partial charge in [-0.05, 0) is 0 Å². The summed E-state index contributed by atoms with van der Waals surface area (Å²) in [7, 11) is 0. The molecule has 1 atom stereocenters. The largest absolute Gasteiger partial charge is 0.396 e. The number of hydrogen-bond acceptors (Lipinski definition) is 3. The lowest BCUT2D eigenvalue weighted by Crippen LogP contribution is -2.30. The van der Waals surface area contributed by atoms with Crippen LogP contribution in [-0.4, -0.2) is 27.8 Å². The maximum absolute atomic E-state index is 9.03. The Morgan fingerprint density at radius 2 is 2.30 bits per heavy atom. The van der Waals surface area contributed by atoms with Gasteiger partial charge in [-0.3, -0.25) is 0 Å². The lowest BCUT2D eigenvalue weighted by molar-refractivity contribution is 0.162. The van der Waals surface area contributed by atoms with Gasteiger partial charge in [-0.15, -0.1) is 23.5 Å². The molecule has 1 fully saturated rings.